The van der Waals surface area contributed by atoms with Crippen LogP contribution in [0.3, 0.4) is 0 Å². The monoisotopic (exact) mass is 327 g/mol. The number of benzene rings is 1. The average molecular weight is 328 g/mol. The number of ether oxygens (including phenoxy) is 1. The van der Waals surface area contributed by atoms with E-state index in [1.54, 1.807) is 0 Å². The fraction of sp³-hybridized carbons (Fsp3) is 0.533. The Bertz CT molecular complexity index is 409. The molecule has 0 aliphatic heterocycles. The van der Waals surface area contributed by atoms with Crippen LogP contribution in [0, 0.1) is 0 Å². The van der Waals surface area contributed by atoms with Crippen LogP contribution in [-0.2, 0) is 9.53 Å². The summed E-state index contributed by atoms with van der Waals surface area (Å²) in [5.41, 5.74) is 1.15. The van der Waals surface area contributed by atoms with Crippen molar-refractivity contribution in [1.82, 2.24) is 5.32 Å². The fourth-order valence-electron chi connectivity index (χ4n) is 2.02. The molecule has 0 amide bonds. The summed E-state index contributed by atoms with van der Waals surface area (Å²) in [5.74, 6) is -0.164. The van der Waals surface area contributed by atoms with Gasteiger partial charge in [-0.3, -0.25) is 10.1 Å². The van der Waals surface area contributed by atoms with E-state index >= 15 is 0 Å². The van der Waals surface area contributed by atoms with E-state index in [0.717, 1.165) is 22.9 Å². The van der Waals surface area contributed by atoms with Gasteiger partial charge < -0.3 is 4.74 Å². The van der Waals surface area contributed by atoms with Crippen LogP contribution in [0.25, 0.3) is 0 Å². The summed E-state index contributed by atoms with van der Waals surface area (Å²) in [4.78, 5) is 11.9. The minimum absolute atomic E-state index is 0.0940. The van der Waals surface area contributed by atoms with Crippen LogP contribution in [0.1, 0.15) is 45.2 Å². The lowest BCUT2D eigenvalue weighted by molar-refractivity contribution is -0.146. The Morgan fingerprint density at radius 3 is 2.63 bits per heavy atom. The van der Waals surface area contributed by atoms with Crippen LogP contribution in [0.15, 0.2) is 28.7 Å². The van der Waals surface area contributed by atoms with Crippen molar-refractivity contribution < 1.29 is 9.53 Å². The summed E-state index contributed by atoms with van der Waals surface area (Å²) < 4.78 is 6.16. The van der Waals surface area contributed by atoms with Gasteiger partial charge in [-0.25, -0.2) is 0 Å². The molecule has 0 heterocycles. The SMILES string of the molecule is CCCC(N[C@@H](C)c1ccccc1Br)C(=O)OCC. The van der Waals surface area contributed by atoms with E-state index in [1.807, 2.05) is 25.1 Å². The van der Waals surface area contributed by atoms with Crippen LogP contribution < -0.4 is 5.32 Å². The Kier molecular flexibility index (Phi) is 7.10. The molecule has 4 heteroatoms. The number of carbonyl (C=O) groups excluding carboxylic acids is 1. The van der Waals surface area contributed by atoms with Gasteiger partial charge in [-0.1, -0.05) is 47.5 Å². The van der Waals surface area contributed by atoms with Crippen LogP contribution in [0.2, 0.25) is 0 Å². The van der Waals surface area contributed by atoms with Gasteiger partial charge in [0.15, 0.2) is 0 Å². The maximum absolute atomic E-state index is 11.9. The lowest BCUT2D eigenvalue weighted by Gasteiger charge is -2.22. The van der Waals surface area contributed by atoms with Crippen molar-refractivity contribution in [2.45, 2.75) is 45.7 Å². The first-order valence-electron chi connectivity index (χ1n) is 6.77. The van der Waals surface area contributed by atoms with Crippen molar-refractivity contribution in [2.24, 2.45) is 0 Å². The van der Waals surface area contributed by atoms with Gasteiger partial charge in [0, 0.05) is 10.5 Å². The van der Waals surface area contributed by atoms with Crippen LogP contribution >= 0.6 is 15.9 Å². The molecule has 1 aromatic carbocycles. The predicted molar refractivity (Wildman–Crippen MR) is 81.0 cm³/mol. The molecule has 0 fully saturated rings. The molecule has 0 spiro atoms. The Hall–Kier alpha value is -0.870. The standard InChI is InChI=1S/C15H22BrNO2/c1-4-8-14(15(18)19-5-2)17-11(3)12-9-6-7-10-13(12)16/h6-7,9-11,14,17H,4-5,8H2,1-3H3/t11-,14?/m0/s1. The van der Waals surface area contributed by atoms with E-state index in [4.69, 9.17) is 4.74 Å². The highest BCUT2D eigenvalue weighted by atomic mass is 79.9. The minimum Gasteiger partial charge on any atom is -0.465 e. The highest BCUT2D eigenvalue weighted by Gasteiger charge is 2.21. The normalized spacial score (nSPS) is 13.9. The molecular formula is C15H22BrNO2. The Labute approximate surface area is 123 Å². The zero-order chi connectivity index (χ0) is 14.3. The van der Waals surface area contributed by atoms with Crippen molar-refractivity contribution in [3.63, 3.8) is 0 Å². The number of halogens is 1. The first-order chi connectivity index (χ1) is 9.10. The molecule has 19 heavy (non-hydrogen) atoms. The van der Waals surface area contributed by atoms with Crippen molar-refractivity contribution >= 4 is 21.9 Å². The van der Waals surface area contributed by atoms with Gasteiger partial charge in [0.05, 0.1) is 6.61 Å². The molecule has 1 N–H and O–H groups in total. The molecule has 1 rings (SSSR count). The molecule has 0 radical (unpaired) electrons. The van der Waals surface area contributed by atoms with Crippen molar-refractivity contribution in [2.75, 3.05) is 6.61 Å². The Balaban J connectivity index is 2.73. The summed E-state index contributed by atoms with van der Waals surface area (Å²) in [6.07, 6.45) is 1.73. The van der Waals surface area contributed by atoms with E-state index in [0.29, 0.717) is 6.61 Å². The summed E-state index contributed by atoms with van der Waals surface area (Å²) >= 11 is 3.54. The first-order valence-corrected chi connectivity index (χ1v) is 7.56. The van der Waals surface area contributed by atoms with Gasteiger partial charge in [0.25, 0.3) is 0 Å². The Morgan fingerprint density at radius 1 is 1.37 bits per heavy atom. The molecule has 2 atom stereocenters. The third-order valence-corrected chi connectivity index (χ3v) is 3.69. The molecule has 0 saturated carbocycles. The van der Waals surface area contributed by atoms with Gasteiger partial charge in [-0.05, 0) is 31.9 Å². The lowest BCUT2D eigenvalue weighted by Crippen LogP contribution is -2.39. The summed E-state index contributed by atoms with van der Waals surface area (Å²) in [6, 6.07) is 7.89. The molecule has 106 valence electrons. The highest BCUT2D eigenvalue weighted by Crippen LogP contribution is 2.23. The van der Waals surface area contributed by atoms with E-state index < -0.39 is 0 Å². The number of carbonyl (C=O) groups is 1. The maximum atomic E-state index is 11.9. The highest BCUT2D eigenvalue weighted by molar-refractivity contribution is 9.10. The van der Waals surface area contributed by atoms with Crippen LogP contribution in [0.5, 0.6) is 0 Å². The zero-order valence-corrected chi connectivity index (χ0v) is 13.4. The number of esters is 1. The van der Waals surface area contributed by atoms with E-state index in [9.17, 15) is 4.79 Å². The quantitative estimate of drug-likeness (QED) is 0.773. The largest absolute Gasteiger partial charge is 0.465 e. The molecule has 1 aromatic rings. The number of hydrogen-bond acceptors (Lipinski definition) is 3. The van der Waals surface area contributed by atoms with Gasteiger partial charge in [0.1, 0.15) is 6.04 Å². The second kappa shape index (κ2) is 8.33. The lowest BCUT2D eigenvalue weighted by atomic mass is 10.1. The van der Waals surface area contributed by atoms with Crippen LogP contribution in [-0.4, -0.2) is 18.6 Å². The van der Waals surface area contributed by atoms with Crippen molar-refractivity contribution in [1.29, 1.82) is 0 Å². The molecular weight excluding hydrogens is 306 g/mol. The smallest absolute Gasteiger partial charge is 0.323 e. The minimum atomic E-state index is -0.243. The Morgan fingerprint density at radius 2 is 2.05 bits per heavy atom. The van der Waals surface area contributed by atoms with Gasteiger partial charge >= 0.3 is 5.97 Å². The van der Waals surface area contributed by atoms with Crippen LogP contribution in [0.4, 0.5) is 0 Å². The molecule has 0 bridgehead atoms. The first kappa shape index (κ1) is 16.2. The van der Waals surface area contributed by atoms with Crippen molar-refractivity contribution in [3.8, 4) is 0 Å². The van der Waals surface area contributed by atoms with E-state index in [1.165, 1.54) is 0 Å². The van der Waals surface area contributed by atoms with E-state index in [-0.39, 0.29) is 18.1 Å². The second-order valence-corrected chi connectivity index (χ2v) is 5.36. The third-order valence-electron chi connectivity index (χ3n) is 2.97. The van der Waals surface area contributed by atoms with Gasteiger partial charge in [0.2, 0.25) is 0 Å². The summed E-state index contributed by atoms with van der Waals surface area (Å²) in [7, 11) is 0. The molecule has 0 aliphatic rings. The van der Waals surface area contributed by atoms with Gasteiger partial charge in [-0.2, -0.15) is 0 Å². The topological polar surface area (TPSA) is 38.3 Å². The van der Waals surface area contributed by atoms with E-state index in [2.05, 4.69) is 41.2 Å². The number of nitrogens with one attached hydrogen (secondary N) is 1. The molecule has 0 saturated heterocycles. The van der Waals surface area contributed by atoms with Crippen molar-refractivity contribution in [3.05, 3.63) is 34.3 Å². The molecule has 3 nitrogen and oxygen atoms in total. The molecule has 0 aliphatic carbocycles. The molecule has 1 unspecified atom stereocenters. The van der Waals surface area contributed by atoms with Gasteiger partial charge in [-0.15, -0.1) is 0 Å². The second-order valence-electron chi connectivity index (χ2n) is 4.50. The summed E-state index contributed by atoms with van der Waals surface area (Å²) in [5, 5.41) is 3.36. The predicted octanol–water partition coefficient (Wildman–Crippen LogP) is 3.83. The number of hydrogen-bond donors (Lipinski definition) is 1. The number of rotatable bonds is 7. The average Bonchev–Trinajstić information content (AvgIpc) is 2.39. The molecule has 0 aromatic heterocycles. The summed E-state index contributed by atoms with van der Waals surface area (Å²) in [6.45, 7) is 6.38. The fourth-order valence-corrected chi connectivity index (χ4v) is 2.65. The zero-order valence-electron chi connectivity index (χ0n) is 11.8. The maximum Gasteiger partial charge on any atom is 0.323 e. The third kappa shape index (κ3) is 4.96.